The summed E-state index contributed by atoms with van der Waals surface area (Å²) in [5, 5.41) is -0.423. The van der Waals surface area contributed by atoms with Crippen LogP contribution in [0.4, 0.5) is 8.78 Å². The molecule has 1 fully saturated rings. The van der Waals surface area contributed by atoms with E-state index in [-0.39, 0.29) is 11.5 Å². The van der Waals surface area contributed by atoms with E-state index in [1.165, 1.54) is 6.07 Å². The van der Waals surface area contributed by atoms with E-state index in [0.717, 1.165) is 25.0 Å². The van der Waals surface area contributed by atoms with Crippen molar-refractivity contribution in [2.45, 2.75) is 25.1 Å². The van der Waals surface area contributed by atoms with Crippen LogP contribution < -0.4 is 0 Å². The van der Waals surface area contributed by atoms with Crippen molar-refractivity contribution in [2.24, 2.45) is 11.8 Å². The summed E-state index contributed by atoms with van der Waals surface area (Å²) in [6, 6.07) is 3.45. The van der Waals surface area contributed by atoms with Gasteiger partial charge in [-0.05, 0) is 42.9 Å². The van der Waals surface area contributed by atoms with E-state index in [1.54, 1.807) is 0 Å². The van der Waals surface area contributed by atoms with Gasteiger partial charge >= 0.3 is 0 Å². The van der Waals surface area contributed by atoms with Gasteiger partial charge in [0.05, 0.1) is 5.38 Å². The topological polar surface area (TPSA) is 0 Å². The van der Waals surface area contributed by atoms with Crippen molar-refractivity contribution in [2.75, 3.05) is 0 Å². The molecule has 1 aliphatic carbocycles. The molecular formula is C12H13ClF2. The first-order chi connectivity index (χ1) is 7.09. The zero-order chi connectivity index (χ0) is 11.0. The Bertz CT molecular complexity index is 361. The van der Waals surface area contributed by atoms with E-state index >= 15 is 0 Å². The van der Waals surface area contributed by atoms with Gasteiger partial charge in [0.25, 0.3) is 0 Å². The smallest absolute Gasteiger partial charge is 0.128 e. The monoisotopic (exact) mass is 230 g/mol. The van der Waals surface area contributed by atoms with Crippen LogP contribution in [0, 0.1) is 23.5 Å². The van der Waals surface area contributed by atoms with E-state index < -0.39 is 17.0 Å². The second kappa shape index (κ2) is 4.09. The van der Waals surface area contributed by atoms with Crippen LogP contribution in [0.3, 0.4) is 0 Å². The van der Waals surface area contributed by atoms with Gasteiger partial charge in [-0.1, -0.05) is 6.92 Å². The van der Waals surface area contributed by atoms with Crippen molar-refractivity contribution in [3.05, 3.63) is 35.4 Å². The molecule has 0 saturated heterocycles. The van der Waals surface area contributed by atoms with Crippen LogP contribution in [-0.4, -0.2) is 0 Å². The Morgan fingerprint density at radius 2 is 2.00 bits per heavy atom. The number of halogens is 3. The maximum atomic E-state index is 13.4. The molecule has 0 aromatic heterocycles. The van der Waals surface area contributed by atoms with Crippen LogP contribution in [-0.2, 0) is 0 Å². The molecule has 2 atom stereocenters. The van der Waals surface area contributed by atoms with Crippen molar-refractivity contribution < 1.29 is 8.78 Å². The van der Waals surface area contributed by atoms with Crippen LogP contribution in [0.15, 0.2) is 18.2 Å². The number of alkyl halides is 1. The van der Waals surface area contributed by atoms with Crippen molar-refractivity contribution in [3.8, 4) is 0 Å². The minimum Gasteiger partial charge on any atom is -0.207 e. The molecule has 1 aromatic carbocycles. The SMILES string of the molecule is CC(C1CC1)C(Cl)c1cc(F)ccc1F. The maximum Gasteiger partial charge on any atom is 0.128 e. The summed E-state index contributed by atoms with van der Waals surface area (Å²) in [6.45, 7) is 2.00. The second-order valence-corrected chi connectivity index (χ2v) is 4.73. The summed E-state index contributed by atoms with van der Waals surface area (Å²) in [6.07, 6.45) is 2.31. The lowest BCUT2D eigenvalue weighted by molar-refractivity contribution is 0.472. The average Bonchev–Trinajstić information content (AvgIpc) is 3.03. The predicted molar refractivity (Wildman–Crippen MR) is 56.8 cm³/mol. The van der Waals surface area contributed by atoms with Crippen LogP contribution in [0.25, 0.3) is 0 Å². The molecule has 0 heterocycles. The van der Waals surface area contributed by atoms with Crippen molar-refractivity contribution in [1.82, 2.24) is 0 Å². The van der Waals surface area contributed by atoms with Crippen molar-refractivity contribution >= 4 is 11.6 Å². The largest absolute Gasteiger partial charge is 0.207 e. The van der Waals surface area contributed by atoms with Crippen LogP contribution in [0.5, 0.6) is 0 Å². The summed E-state index contributed by atoms with van der Waals surface area (Å²) in [4.78, 5) is 0. The molecular weight excluding hydrogens is 218 g/mol. The molecule has 0 spiro atoms. The molecule has 0 N–H and O–H groups in total. The van der Waals surface area contributed by atoms with Crippen molar-refractivity contribution in [3.63, 3.8) is 0 Å². The van der Waals surface area contributed by atoms with E-state index in [0.29, 0.717) is 5.92 Å². The molecule has 1 saturated carbocycles. The third kappa shape index (κ3) is 2.31. The van der Waals surface area contributed by atoms with Gasteiger partial charge in [-0.3, -0.25) is 0 Å². The lowest BCUT2D eigenvalue weighted by Crippen LogP contribution is -2.08. The highest BCUT2D eigenvalue weighted by Gasteiger charge is 2.34. The van der Waals surface area contributed by atoms with E-state index in [1.807, 2.05) is 6.92 Å². The van der Waals surface area contributed by atoms with Crippen LogP contribution in [0.2, 0.25) is 0 Å². The van der Waals surface area contributed by atoms with Gasteiger partial charge < -0.3 is 0 Å². The van der Waals surface area contributed by atoms with Crippen molar-refractivity contribution in [1.29, 1.82) is 0 Å². The lowest BCUT2D eigenvalue weighted by Gasteiger charge is -2.18. The Labute approximate surface area is 93.2 Å². The van der Waals surface area contributed by atoms with Gasteiger partial charge in [0.1, 0.15) is 11.6 Å². The predicted octanol–water partition coefficient (Wildman–Crippen LogP) is 4.29. The third-order valence-corrected chi connectivity index (χ3v) is 3.71. The first-order valence-electron chi connectivity index (χ1n) is 5.18. The first-order valence-corrected chi connectivity index (χ1v) is 5.62. The molecule has 0 amide bonds. The molecule has 2 rings (SSSR count). The Hall–Kier alpha value is -0.630. The molecule has 0 nitrogen and oxygen atoms in total. The third-order valence-electron chi connectivity index (χ3n) is 3.08. The molecule has 1 aromatic rings. The minimum atomic E-state index is -0.431. The fourth-order valence-electron chi connectivity index (χ4n) is 1.87. The highest BCUT2D eigenvalue weighted by atomic mass is 35.5. The quantitative estimate of drug-likeness (QED) is 0.680. The minimum absolute atomic E-state index is 0.211. The normalized spacial score (nSPS) is 20.0. The first kappa shape index (κ1) is 10.9. The highest BCUT2D eigenvalue weighted by Crippen LogP contribution is 2.45. The van der Waals surface area contributed by atoms with Crippen LogP contribution >= 0.6 is 11.6 Å². The van der Waals surface area contributed by atoms with E-state index in [2.05, 4.69) is 0 Å². The summed E-state index contributed by atoms with van der Waals surface area (Å²) < 4.78 is 26.4. The van der Waals surface area contributed by atoms with Gasteiger partial charge in [-0.15, -0.1) is 11.6 Å². The Morgan fingerprint density at radius 3 is 2.60 bits per heavy atom. The number of benzene rings is 1. The number of hydrogen-bond donors (Lipinski definition) is 0. The van der Waals surface area contributed by atoms with Gasteiger partial charge in [0.2, 0.25) is 0 Å². The molecule has 0 aliphatic heterocycles. The number of rotatable bonds is 3. The molecule has 0 radical (unpaired) electrons. The molecule has 2 unspecified atom stereocenters. The maximum absolute atomic E-state index is 13.4. The molecule has 1 aliphatic rings. The van der Waals surface area contributed by atoms with Gasteiger partial charge in [0, 0.05) is 5.56 Å². The van der Waals surface area contributed by atoms with Gasteiger partial charge in [-0.25, -0.2) is 8.78 Å². The zero-order valence-corrected chi connectivity index (χ0v) is 9.27. The summed E-state index contributed by atoms with van der Waals surface area (Å²) >= 11 is 6.16. The van der Waals surface area contributed by atoms with Gasteiger partial charge in [-0.2, -0.15) is 0 Å². The lowest BCUT2D eigenvalue weighted by atomic mass is 9.96. The second-order valence-electron chi connectivity index (χ2n) is 4.26. The molecule has 0 bridgehead atoms. The Kier molecular flexibility index (Phi) is 2.96. The summed E-state index contributed by atoms with van der Waals surface area (Å²) in [7, 11) is 0. The fraction of sp³-hybridized carbons (Fsp3) is 0.500. The number of hydrogen-bond acceptors (Lipinski definition) is 0. The summed E-state index contributed by atoms with van der Waals surface area (Å²) in [5.74, 6) is -0.0536. The summed E-state index contributed by atoms with van der Waals surface area (Å²) in [5.41, 5.74) is 0.288. The standard InChI is InChI=1S/C12H13ClF2/c1-7(8-2-3-8)12(13)10-6-9(14)4-5-11(10)15/h4-8,12H,2-3H2,1H3. The molecule has 3 heteroatoms. The Morgan fingerprint density at radius 1 is 1.33 bits per heavy atom. The van der Waals surface area contributed by atoms with Gasteiger partial charge in [0.15, 0.2) is 0 Å². The fourth-order valence-corrected chi connectivity index (χ4v) is 2.24. The van der Waals surface area contributed by atoms with E-state index in [4.69, 9.17) is 11.6 Å². The van der Waals surface area contributed by atoms with E-state index in [9.17, 15) is 8.78 Å². The average molecular weight is 231 g/mol. The Balaban J connectivity index is 2.23. The van der Waals surface area contributed by atoms with Crippen LogP contribution in [0.1, 0.15) is 30.7 Å². The highest BCUT2D eigenvalue weighted by molar-refractivity contribution is 6.21. The molecule has 82 valence electrons. The zero-order valence-electron chi connectivity index (χ0n) is 8.51. The molecule has 15 heavy (non-hydrogen) atoms.